The monoisotopic (exact) mass is 291 g/mol. The van der Waals surface area contributed by atoms with E-state index >= 15 is 0 Å². The van der Waals surface area contributed by atoms with Crippen molar-refractivity contribution < 1.29 is 0 Å². The fraction of sp³-hybridized carbons (Fsp3) is 0.438. The van der Waals surface area contributed by atoms with Crippen molar-refractivity contribution in [3.05, 3.63) is 51.8 Å². The highest BCUT2D eigenvalue weighted by Crippen LogP contribution is 2.28. The molecule has 0 aliphatic carbocycles. The third kappa shape index (κ3) is 3.05. The second kappa shape index (κ2) is 6.42. The molecule has 2 rings (SSSR count). The number of halogens is 1. The summed E-state index contributed by atoms with van der Waals surface area (Å²) in [5, 5.41) is 8.91. The molecule has 0 saturated carbocycles. The Hall–Kier alpha value is -1.32. The number of nitrogens with one attached hydrogen (secondary N) is 1. The number of aryl methyl sites for hydroxylation is 2. The van der Waals surface area contributed by atoms with Crippen LogP contribution in [0.25, 0.3) is 0 Å². The molecule has 108 valence electrons. The normalized spacial score (nSPS) is 12.7. The summed E-state index contributed by atoms with van der Waals surface area (Å²) in [6, 6.07) is 8.19. The number of aromatic nitrogens is 2. The summed E-state index contributed by atoms with van der Waals surface area (Å²) in [6.45, 7) is 7.31. The summed E-state index contributed by atoms with van der Waals surface area (Å²) in [4.78, 5) is 0. The van der Waals surface area contributed by atoms with Gasteiger partial charge in [-0.3, -0.25) is 4.68 Å². The van der Waals surface area contributed by atoms with E-state index in [-0.39, 0.29) is 6.04 Å². The molecular weight excluding hydrogens is 270 g/mol. The van der Waals surface area contributed by atoms with Gasteiger partial charge in [0.15, 0.2) is 0 Å². The van der Waals surface area contributed by atoms with E-state index in [1.165, 1.54) is 16.8 Å². The van der Waals surface area contributed by atoms with Crippen molar-refractivity contribution in [2.75, 3.05) is 6.54 Å². The minimum absolute atomic E-state index is 0.141. The Morgan fingerprint density at radius 1 is 1.35 bits per heavy atom. The van der Waals surface area contributed by atoms with Crippen molar-refractivity contribution in [2.24, 2.45) is 7.05 Å². The smallest absolute Gasteiger partial charge is 0.0647 e. The van der Waals surface area contributed by atoms with Crippen molar-refractivity contribution in [1.82, 2.24) is 15.1 Å². The van der Waals surface area contributed by atoms with Gasteiger partial charge in [-0.15, -0.1) is 0 Å². The Morgan fingerprint density at radius 2 is 2.10 bits per heavy atom. The van der Waals surface area contributed by atoms with E-state index in [0.29, 0.717) is 0 Å². The summed E-state index contributed by atoms with van der Waals surface area (Å²) < 4.78 is 1.94. The molecule has 20 heavy (non-hydrogen) atoms. The molecule has 1 N–H and O–H groups in total. The molecule has 1 heterocycles. The molecule has 1 unspecified atom stereocenters. The molecule has 0 saturated heterocycles. The van der Waals surface area contributed by atoms with Gasteiger partial charge in [-0.25, -0.2) is 0 Å². The first-order valence-electron chi connectivity index (χ1n) is 7.03. The molecule has 0 aliphatic rings. The van der Waals surface area contributed by atoms with E-state index in [0.717, 1.165) is 23.7 Å². The van der Waals surface area contributed by atoms with Gasteiger partial charge in [0.2, 0.25) is 0 Å². The van der Waals surface area contributed by atoms with E-state index < -0.39 is 0 Å². The Balaban J connectivity index is 2.47. The van der Waals surface area contributed by atoms with Crippen LogP contribution in [0, 0.1) is 13.8 Å². The first-order chi connectivity index (χ1) is 9.54. The zero-order valence-corrected chi connectivity index (χ0v) is 13.3. The second-order valence-corrected chi connectivity index (χ2v) is 5.59. The zero-order valence-electron chi connectivity index (χ0n) is 12.6. The number of benzene rings is 1. The summed E-state index contributed by atoms with van der Waals surface area (Å²) in [5.41, 5.74) is 4.70. The van der Waals surface area contributed by atoms with Crippen LogP contribution in [0.15, 0.2) is 24.3 Å². The average molecular weight is 292 g/mol. The molecule has 2 aromatic rings. The van der Waals surface area contributed by atoms with Crippen LogP contribution in [0.3, 0.4) is 0 Å². The average Bonchev–Trinajstić information content (AvgIpc) is 2.66. The largest absolute Gasteiger partial charge is 0.306 e. The third-order valence-corrected chi connectivity index (χ3v) is 3.87. The number of hydrogen-bond donors (Lipinski definition) is 1. The minimum Gasteiger partial charge on any atom is -0.306 e. The Labute approximate surface area is 126 Å². The SMILES string of the molecule is CCCNC(c1cccc(Cl)c1)c1c(C)nn(C)c1C. The predicted octanol–water partition coefficient (Wildman–Crippen LogP) is 3.78. The molecule has 4 heteroatoms. The van der Waals surface area contributed by atoms with E-state index in [2.05, 4.69) is 37.3 Å². The fourth-order valence-electron chi connectivity index (χ4n) is 2.57. The highest BCUT2D eigenvalue weighted by atomic mass is 35.5. The molecule has 1 atom stereocenters. The molecule has 0 amide bonds. The van der Waals surface area contributed by atoms with Gasteiger partial charge in [-0.2, -0.15) is 5.10 Å². The van der Waals surface area contributed by atoms with Gasteiger partial charge in [0.1, 0.15) is 0 Å². The maximum Gasteiger partial charge on any atom is 0.0647 e. The van der Waals surface area contributed by atoms with Crippen molar-refractivity contribution in [2.45, 2.75) is 33.2 Å². The van der Waals surface area contributed by atoms with Crippen molar-refractivity contribution in [1.29, 1.82) is 0 Å². The molecule has 1 aromatic heterocycles. The van der Waals surface area contributed by atoms with Crippen LogP contribution >= 0.6 is 11.6 Å². The standard InChI is InChI=1S/C16H22ClN3/c1-5-9-18-16(13-7-6-8-14(17)10-13)15-11(2)19-20(4)12(15)3/h6-8,10,16,18H,5,9H2,1-4H3. The fourth-order valence-corrected chi connectivity index (χ4v) is 2.77. The molecule has 1 aromatic carbocycles. The van der Waals surface area contributed by atoms with Gasteiger partial charge in [0.05, 0.1) is 11.7 Å². The first kappa shape index (κ1) is 15.1. The van der Waals surface area contributed by atoms with Crippen molar-refractivity contribution >= 4 is 11.6 Å². The van der Waals surface area contributed by atoms with E-state index in [4.69, 9.17) is 11.6 Å². The predicted molar refractivity (Wildman–Crippen MR) is 84.3 cm³/mol. The van der Waals surface area contributed by atoms with Gasteiger partial charge >= 0.3 is 0 Å². The van der Waals surface area contributed by atoms with Gasteiger partial charge in [-0.05, 0) is 44.5 Å². The number of hydrogen-bond acceptors (Lipinski definition) is 2. The topological polar surface area (TPSA) is 29.9 Å². The highest BCUT2D eigenvalue weighted by Gasteiger charge is 2.21. The summed E-state index contributed by atoms with van der Waals surface area (Å²) in [5.74, 6) is 0. The van der Waals surface area contributed by atoms with Crippen LogP contribution in [0.1, 0.15) is 41.9 Å². The van der Waals surface area contributed by atoms with Crippen LogP contribution in [0.4, 0.5) is 0 Å². The van der Waals surface area contributed by atoms with Gasteiger partial charge < -0.3 is 5.32 Å². The molecule has 3 nitrogen and oxygen atoms in total. The summed E-state index contributed by atoms with van der Waals surface area (Å²) in [7, 11) is 1.99. The molecule has 0 bridgehead atoms. The maximum atomic E-state index is 6.15. The van der Waals surface area contributed by atoms with Crippen LogP contribution in [-0.2, 0) is 7.05 Å². The number of rotatable bonds is 5. The van der Waals surface area contributed by atoms with Gasteiger partial charge in [0.25, 0.3) is 0 Å². The lowest BCUT2D eigenvalue weighted by Crippen LogP contribution is -2.24. The van der Waals surface area contributed by atoms with E-state index in [1.54, 1.807) is 0 Å². The third-order valence-electron chi connectivity index (χ3n) is 3.63. The minimum atomic E-state index is 0.141. The highest BCUT2D eigenvalue weighted by molar-refractivity contribution is 6.30. The molecule has 0 spiro atoms. The lowest BCUT2D eigenvalue weighted by Gasteiger charge is -2.20. The van der Waals surface area contributed by atoms with E-state index in [1.807, 2.05) is 29.9 Å². The quantitative estimate of drug-likeness (QED) is 0.908. The lowest BCUT2D eigenvalue weighted by atomic mass is 9.97. The van der Waals surface area contributed by atoms with Crippen molar-refractivity contribution in [3.8, 4) is 0 Å². The lowest BCUT2D eigenvalue weighted by molar-refractivity contribution is 0.593. The molecule has 0 aliphatic heterocycles. The van der Waals surface area contributed by atoms with Crippen LogP contribution in [0.2, 0.25) is 5.02 Å². The van der Waals surface area contributed by atoms with Gasteiger partial charge in [0, 0.05) is 23.3 Å². The molecular formula is C16H22ClN3. The maximum absolute atomic E-state index is 6.15. The van der Waals surface area contributed by atoms with Crippen LogP contribution in [-0.4, -0.2) is 16.3 Å². The summed E-state index contributed by atoms with van der Waals surface area (Å²) in [6.07, 6.45) is 1.09. The Morgan fingerprint density at radius 3 is 2.65 bits per heavy atom. The van der Waals surface area contributed by atoms with Crippen LogP contribution < -0.4 is 5.32 Å². The number of nitrogens with zero attached hydrogens (tertiary/aromatic N) is 2. The van der Waals surface area contributed by atoms with Gasteiger partial charge in [-0.1, -0.05) is 30.7 Å². The van der Waals surface area contributed by atoms with Crippen LogP contribution in [0.5, 0.6) is 0 Å². The van der Waals surface area contributed by atoms with Crippen molar-refractivity contribution in [3.63, 3.8) is 0 Å². The molecule has 0 fully saturated rings. The molecule has 0 radical (unpaired) electrons. The second-order valence-electron chi connectivity index (χ2n) is 5.15. The Bertz CT molecular complexity index is 589. The summed E-state index contributed by atoms with van der Waals surface area (Å²) >= 11 is 6.15. The first-order valence-corrected chi connectivity index (χ1v) is 7.41. The van der Waals surface area contributed by atoms with E-state index in [9.17, 15) is 0 Å². The Kier molecular flexibility index (Phi) is 4.84. The zero-order chi connectivity index (χ0) is 14.7.